The molecule has 4 rings (SSSR count). The van der Waals surface area contributed by atoms with Gasteiger partial charge in [-0.15, -0.1) is 0 Å². The Morgan fingerprint density at radius 1 is 1.14 bits per heavy atom. The third-order valence-electron chi connectivity index (χ3n) is 4.73. The molecule has 2 bridgehead atoms. The maximum Gasteiger partial charge on any atom is 0.288 e. The van der Waals surface area contributed by atoms with Gasteiger partial charge in [-0.1, -0.05) is 24.3 Å². The van der Waals surface area contributed by atoms with Crippen molar-refractivity contribution in [1.82, 2.24) is 4.57 Å². The molecule has 0 radical (unpaired) electrons. The first-order valence-corrected chi connectivity index (χ1v) is 7.81. The number of fused-ring (bicyclic) bond motifs is 3. The van der Waals surface area contributed by atoms with Crippen LogP contribution in [0, 0.1) is 6.92 Å². The van der Waals surface area contributed by atoms with Gasteiger partial charge >= 0.3 is 0 Å². The van der Waals surface area contributed by atoms with Crippen molar-refractivity contribution in [2.45, 2.75) is 32.7 Å². The van der Waals surface area contributed by atoms with Crippen molar-refractivity contribution in [3.63, 3.8) is 0 Å². The minimum Gasteiger partial charge on any atom is -0.233 e. The molecule has 0 spiro atoms. The van der Waals surface area contributed by atoms with E-state index in [-0.39, 0.29) is 0 Å². The number of hydrogen-bond acceptors (Lipinski definition) is 0. The predicted molar refractivity (Wildman–Crippen MR) is 86.2 cm³/mol. The first kappa shape index (κ1) is 12.6. The van der Waals surface area contributed by atoms with E-state index in [1.807, 2.05) is 0 Å². The van der Waals surface area contributed by atoms with Crippen LogP contribution < -0.4 is 4.57 Å². The highest BCUT2D eigenvalue weighted by Gasteiger charge is 2.20. The van der Waals surface area contributed by atoms with Gasteiger partial charge in [0.2, 0.25) is 0 Å². The van der Waals surface area contributed by atoms with Crippen molar-refractivity contribution < 1.29 is 4.57 Å². The molecule has 0 atom stereocenters. The van der Waals surface area contributed by atoms with Crippen LogP contribution in [0.3, 0.4) is 0 Å². The molecule has 21 heavy (non-hydrogen) atoms. The van der Waals surface area contributed by atoms with E-state index in [1.165, 1.54) is 52.5 Å². The topological polar surface area (TPSA) is 8.81 Å². The second-order valence-corrected chi connectivity index (χ2v) is 6.19. The smallest absolute Gasteiger partial charge is 0.233 e. The highest BCUT2D eigenvalue weighted by Crippen LogP contribution is 2.30. The number of aryl methyl sites for hydroxylation is 4. The number of rotatable bonds is 0. The van der Waals surface area contributed by atoms with Gasteiger partial charge in [0.1, 0.15) is 12.4 Å². The molecular formula is C19H21N2+. The third-order valence-corrected chi connectivity index (χ3v) is 4.73. The standard InChI is InChI=1S/C19H21N2/c1-14-12-16-8-5-7-15-6-3-4-9-21-11-10-20(2)19(21)17(14)13-18(15)16/h5,7-8,10-13H,3-4,6,9H2,1-2H3/q+1. The number of benzene rings is 2. The van der Waals surface area contributed by atoms with E-state index in [9.17, 15) is 0 Å². The lowest BCUT2D eigenvalue weighted by Gasteiger charge is -2.13. The zero-order chi connectivity index (χ0) is 14.4. The molecule has 0 saturated carbocycles. The summed E-state index contributed by atoms with van der Waals surface area (Å²) in [4.78, 5) is 0. The summed E-state index contributed by atoms with van der Waals surface area (Å²) >= 11 is 0. The summed E-state index contributed by atoms with van der Waals surface area (Å²) in [6.07, 6.45) is 8.06. The average Bonchev–Trinajstić information content (AvgIpc) is 2.84. The van der Waals surface area contributed by atoms with Gasteiger partial charge in [-0.3, -0.25) is 0 Å². The van der Waals surface area contributed by atoms with Gasteiger partial charge < -0.3 is 0 Å². The number of hydrogen-bond donors (Lipinski definition) is 0. The fourth-order valence-electron chi connectivity index (χ4n) is 3.61. The lowest BCUT2D eigenvalue weighted by atomic mass is 9.94. The van der Waals surface area contributed by atoms with Gasteiger partial charge in [0.15, 0.2) is 0 Å². The van der Waals surface area contributed by atoms with Gasteiger partial charge in [-0.25, -0.2) is 9.13 Å². The van der Waals surface area contributed by atoms with Crippen LogP contribution >= 0.6 is 0 Å². The molecule has 0 N–H and O–H groups in total. The first-order valence-electron chi connectivity index (χ1n) is 7.81. The van der Waals surface area contributed by atoms with Crippen LogP contribution in [0.15, 0.2) is 42.7 Å². The molecule has 2 aromatic carbocycles. The first-order chi connectivity index (χ1) is 10.2. The predicted octanol–water partition coefficient (Wildman–Crippen LogP) is 3.78. The summed E-state index contributed by atoms with van der Waals surface area (Å²) in [6.45, 7) is 3.33. The van der Waals surface area contributed by atoms with Crippen LogP contribution in [-0.2, 0) is 20.0 Å². The number of aromatic nitrogens is 2. The fraction of sp³-hybridized carbons (Fsp3) is 0.316. The Labute approximate surface area is 125 Å². The lowest BCUT2D eigenvalue weighted by molar-refractivity contribution is -0.659. The summed E-state index contributed by atoms with van der Waals surface area (Å²) in [5, 5.41) is 2.79. The van der Waals surface area contributed by atoms with Gasteiger partial charge in [0.25, 0.3) is 5.82 Å². The van der Waals surface area contributed by atoms with Crippen molar-refractivity contribution in [3.05, 3.63) is 53.9 Å². The molecule has 2 nitrogen and oxygen atoms in total. The minimum atomic E-state index is 1.11. The van der Waals surface area contributed by atoms with Crippen molar-refractivity contribution in [1.29, 1.82) is 0 Å². The van der Waals surface area contributed by atoms with E-state index in [2.05, 4.69) is 65.8 Å². The van der Waals surface area contributed by atoms with Crippen LogP contribution in [0.5, 0.6) is 0 Å². The highest BCUT2D eigenvalue weighted by molar-refractivity contribution is 5.90. The maximum absolute atomic E-state index is 2.40. The van der Waals surface area contributed by atoms with Crippen LogP contribution in [0.2, 0.25) is 0 Å². The van der Waals surface area contributed by atoms with Crippen molar-refractivity contribution in [2.24, 2.45) is 7.05 Å². The zero-order valence-electron chi connectivity index (χ0n) is 12.8. The maximum atomic E-state index is 2.40. The molecular weight excluding hydrogens is 256 g/mol. The molecule has 0 aliphatic carbocycles. The molecule has 0 fully saturated rings. The summed E-state index contributed by atoms with van der Waals surface area (Å²) < 4.78 is 4.65. The Balaban J connectivity index is 2.09. The molecule has 3 aromatic rings. The number of nitrogens with zero attached hydrogens (tertiary/aromatic N) is 2. The molecule has 1 aromatic heterocycles. The lowest BCUT2D eigenvalue weighted by Crippen LogP contribution is -2.29. The number of imidazole rings is 1. The van der Waals surface area contributed by atoms with E-state index in [0.717, 1.165) is 6.54 Å². The average molecular weight is 277 g/mol. The Morgan fingerprint density at radius 2 is 2.05 bits per heavy atom. The van der Waals surface area contributed by atoms with Crippen molar-refractivity contribution >= 4 is 10.8 Å². The molecule has 1 aliphatic rings. The zero-order valence-corrected chi connectivity index (χ0v) is 12.8. The largest absolute Gasteiger partial charge is 0.288 e. The highest BCUT2D eigenvalue weighted by atomic mass is 15.1. The Bertz CT molecular complexity index is 827. The second-order valence-electron chi connectivity index (χ2n) is 6.19. The summed E-state index contributed by atoms with van der Waals surface area (Å²) in [7, 11) is 2.15. The van der Waals surface area contributed by atoms with Crippen molar-refractivity contribution in [2.75, 3.05) is 0 Å². The monoisotopic (exact) mass is 277 g/mol. The van der Waals surface area contributed by atoms with E-state index >= 15 is 0 Å². The normalized spacial score (nSPS) is 14.4. The molecule has 2 heterocycles. The third kappa shape index (κ3) is 1.98. The second kappa shape index (κ2) is 4.73. The SMILES string of the molecule is Cc1cc2cccc3c2cc1-c1n(cc[n+]1C)CCCC3. The van der Waals surface area contributed by atoms with E-state index in [1.54, 1.807) is 0 Å². The summed E-state index contributed by atoms with van der Waals surface area (Å²) in [5.41, 5.74) is 4.22. The van der Waals surface area contributed by atoms with Gasteiger partial charge in [0.05, 0.1) is 19.2 Å². The Hall–Kier alpha value is -2.09. The minimum absolute atomic E-state index is 1.11. The van der Waals surface area contributed by atoms with E-state index < -0.39 is 0 Å². The molecule has 0 amide bonds. The van der Waals surface area contributed by atoms with Crippen molar-refractivity contribution in [3.8, 4) is 11.4 Å². The van der Waals surface area contributed by atoms with Crippen LogP contribution in [0.1, 0.15) is 24.0 Å². The van der Waals surface area contributed by atoms with E-state index in [0.29, 0.717) is 0 Å². The quantitative estimate of drug-likeness (QED) is 0.553. The van der Waals surface area contributed by atoms with Crippen LogP contribution in [-0.4, -0.2) is 4.57 Å². The van der Waals surface area contributed by atoms with Gasteiger partial charge in [0, 0.05) is 0 Å². The fourth-order valence-corrected chi connectivity index (χ4v) is 3.61. The Morgan fingerprint density at radius 3 is 2.95 bits per heavy atom. The van der Waals surface area contributed by atoms with Crippen LogP contribution in [0.4, 0.5) is 0 Å². The molecule has 2 heteroatoms. The summed E-state index contributed by atoms with van der Waals surface area (Å²) in [5.74, 6) is 1.33. The molecule has 106 valence electrons. The van der Waals surface area contributed by atoms with E-state index in [4.69, 9.17) is 0 Å². The van der Waals surface area contributed by atoms with Crippen LogP contribution in [0.25, 0.3) is 22.2 Å². The molecule has 1 aliphatic heterocycles. The van der Waals surface area contributed by atoms with Gasteiger partial charge in [-0.05, 0) is 54.2 Å². The summed E-state index contributed by atoms with van der Waals surface area (Å²) in [6, 6.07) is 11.5. The Kier molecular flexibility index (Phi) is 2.85. The molecule has 0 saturated heterocycles. The molecule has 0 unspecified atom stereocenters. The van der Waals surface area contributed by atoms with Gasteiger partial charge in [-0.2, -0.15) is 0 Å².